The van der Waals surface area contributed by atoms with Gasteiger partial charge in [0.1, 0.15) is 23.9 Å². The van der Waals surface area contributed by atoms with Crippen LogP contribution in [-0.2, 0) is 16.1 Å². The Hall–Kier alpha value is -5.70. The Morgan fingerprint density at radius 2 is 1.82 bits per heavy atom. The van der Waals surface area contributed by atoms with Crippen LogP contribution in [0.25, 0.3) is 10.9 Å². The number of H-pyrrole nitrogens is 1. The van der Waals surface area contributed by atoms with Crippen molar-refractivity contribution < 1.29 is 38.4 Å². The second kappa shape index (κ2) is 17.6. The van der Waals surface area contributed by atoms with Gasteiger partial charge in [0.15, 0.2) is 12.3 Å². The van der Waals surface area contributed by atoms with Crippen LogP contribution in [0.15, 0.2) is 94.3 Å². The van der Waals surface area contributed by atoms with Gasteiger partial charge in [-0.25, -0.2) is 14.6 Å². The third-order valence-corrected chi connectivity index (χ3v) is 10.1. The van der Waals surface area contributed by atoms with Gasteiger partial charge in [0.25, 0.3) is 0 Å². The first-order valence-corrected chi connectivity index (χ1v) is 18.6. The minimum absolute atomic E-state index is 0.0306. The smallest absolute Gasteiger partial charge is 0.408 e. The lowest BCUT2D eigenvalue weighted by molar-refractivity contribution is -0.0336. The fraction of sp³-hybridized carbons (Fsp3) is 0.366. The summed E-state index contributed by atoms with van der Waals surface area (Å²) in [5.41, 5.74) is 2.26. The molecular weight excluding hydrogens is 706 g/mol. The number of nitrogens with one attached hydrogen (secondary N) is 3. The van der Waals surface area contributed by atoms with E-state index in [4.69, 9.17) is 18.6 Å². The second-order valence-electron chi connectivity index (χ2n) is 13.9. The van der Waals surface area contributed by atoms with Crippen molar-refractivity contribution in [3.05, 3.63) is 124 Å². The molecule has 0 saturated carbocycles. The first kappa shape index (κ1) is 37.6. The lowest BCUT2D eigenvalue weighted by Crippen LogP contribution is -2.52. The maximum absolute atomic E-state index is 13.2. The lowest BCUT2D eigenvalue weighted by Gasteiger charge is -2.43. The van der Waals surface area contributed by atoms with Crippen molar-refractivity contribution in [2.75, 3.05) is 39.3 Å². The van der Waals surface area contributed by atoms with Gasteiger partial charge in [-0.1, -0.05) is 48.5 Å². The van der Waals surface area contributed by atoms with Crippen LogP contribution in [0.2, 0.25) is 0 Å². The molecule has 3 saturated heterocycles. The number of aromatic amines is 1. The molecule has 8 rings (SSSR count). The van der Waals surface area contributed by atoms with E-state index < -0.39 is 24.2 Å². The summed E-state index contributed by atoms with van der Waals surface area (Å²) in [6, 6.07) is 22.6. The van der Waals surface area contributed by atoms with Crippen LogP contribution in [0.3, 0.4) is 0 Å². The standard InChI is InChI=1S/C41H45N5O9/c47-33-13-11-30(31-12-14-36(49)44-39(31)33)34(48)22-42-17-4-5-20-52-40(50)32-24-54-37(43-32)25-53-29-10-6-9-28(21-29)38(27-7-2-1-3-8-27)45-41(51)55-35-23-46-18-15-26(35)16-19-46/h1-3,6-14,21,24,26,34-35,38,42,47-48H,4-5,15-20,22-23,25H2,(H,44,49)(H,45,51)/t34-,35-,38?/m0/s1. The Morgan fingerprint density at radius 1 is 1.00 bits per heavy atom. The number of aliphatic hydroxyl groups excluding tert-OH is 1. The number of pyridine rings is 1. The number of hydrogen-bond donors (Lipinski definition) is 5. The summed E-state index contributed by atoms with van der Waals surface area (Å²) in [5.74, 6) is 0.455. The molecule has 0 spiro atoms. The number of unbranched alkanes of at least 4 members (excludes halogenated alkanes) is 1. The van der Waals surface area contributed by atoms with Gasteiger partial charge >= 0.3 is 12.1 Å². The number of carbonyl (C=O) groups is 2. The fourth-order valence-electron chi connectivity index (χ4n) is 7.23. The molecule has 288 valence electrons. The Morgan fingerprint density at radius 3 is 2.62 bits per heavy atom. The van der Waals surface area contributed by atoms with Crippen molar-refractivity contribution in [1.29, 1.82) is 0 Å². The van der Waals surface area contributed by atoms with E-state index in [2.05, 4.69) is 25.5 Å². The fourth-order valence-corrected chi connectivity index (χ4v) is 7.23. The highest BCUT2D eigenvalue weighted by atomic mass is 16.6. The number of oxazole rings is 1. The molecule has 5 aromatic rings. The zero-order chi connectivity index (χ0) is 38.1. The van der Waals surface area contributed by atoms with Crippen LogP contribution in [-0.4, -0.2) is 82.6 Å². The second-order valence-corrected chi connectivity index (χ2v) is 13.9. The molecule has 2 aromatic heterocycles. The Bertz CT molecular complexity index is 2130. The van der Waals surface area contributed by atoms with Crippen molar-refractivity contribution in [2.45, 2.75) is 50.5 Å². The maximum atomic E-state index is 13.2. The number of esters is 1. The van der Waals surface area contributed by atoms with E-state index in [1.54, 1.807) is 18.2 Å². The molecule has 3 fully saturated rings. The van der Waals surface area contributed by atoms with Crippen molar-refractivity contribution in [3.8, 4) is 11.5 Å². The van der Waals surface area contributed by atoms with Gasteiger partial charge < -0.3 is 44.5 Å². The molecular formula is C41H45N5O9. The van der Waals surface area contributed by atoms with E-state index in [9.17, 15) is 24.6 Å². The number of ether oxygens (including phenoxy) is 3. The maximum Gasteiger partial charge on any atom is 0.408 e. The number of fused-ring (bicyclic) bond motifs is 4. The van der Waals surface area contributed by atoms with E-state index in [1.165, 1.54) is 18.4 Å². The monoisotopic (exact) mass is 751 g/mol. The molecule has 3 atom stereocenters. The van der Waals surface area contributed by atoms with Crippen LogP contribution in [0.4, 0.5) is 4.79 Å². The summed E-state index contributed by atoms with van der Waals surface area (Å²) in [7, 11) is 0. The molecule has 1 unspecified atom stereocenters. The summed E-state index contributed by atoms with van der Waals surface area (Å²) < 4.78 is 22.8. The number of benzene rings is 3. The number of amides is 1. The highest BCUT2D eigenvalue weighted by molar-refractivity contribution is 5.87. The largest absolute Gasteiger partial charge is 0.506 e. The normalized spacial score (nSPS) is 18.7. The number of alkyl carbamates (subject to hydrolysis) is 1. The predicted molar refractivity (Wildman–Crippen MR) is 202 cm³/mol. The van der Waals surface area contributed by atoms with Gasteiger partial charge in [0.2, 0.25) is 11.4 Å². The Labute approximate surface area is 317 Å². The molecule has 14 nitrogen and oxygen atoms in total. The van der Waals surface area contributed by atoms with E-state index in [-0.39, 0.29) is 54.3 Å². The van der Waals surface area contributed by atoms with E-state index in [0.717, 1.165) is 43.6 Å². The van der Waals surface area contributed by atoms with Crippen molar-refractivity contribution >= 4 is 23.0 Å². The highest BCUT2D eigenvalue weighted by Crippen LogP contribution is 2.31. The minimum atomic E-state index is -0.861. The quantitative estimate of drug-likeness (QED) is 0.0674. The molecule has 5 heterocycles. The summed E-state index contributed by atoms with van der Waals surface area (Å²) >= 11 is 0. The van der Waals surface area contributed by atoms with Crippen LogP contribution >= 0.6 is 0 Å². The van der Waals surface area contributed by atoms with Crippen molar-refractivity contribution in [1.82, 2.24) is 25.5 Å². The number of carbonyl (C=O) groups excluding carboxylic acids is 2. The van der Waals surface area contributed by atoms with E-state index >= 15 is 0 Å². The number of hydrogen-bond acceptors (Lipinski definition) is 12. The summed E-state index contributed by atoms with van der Waals surface area (Å²) in [4.78, 5) is 46.6. The molecule has 3 aliphatic heterocycles. The first-order chi connectivity index (χ1) is 26.8. The molecule has 1 amide bonds. The predicted octanol–water partition coefficient (Wildman–Crippen LogP) is 4.97. The molecule has 2 bridgehead atoms. The lowest BCUT2D eigenvalue weighted by atomic mass is 9.86. The van der Waals surface area contributed by atoms with Gasteiger partial charge in [0.05, 0.1) is 24.3 Å². The van der Waals surface area contributed by atoms with Gasteiger partial charge in [-0.3, -0.25) is 9.69 Å². The van der Waals surface area contributed by atoms with Crippen LogP contribution in [0, 0.1) is 5.92 Å². The third-order valence-electron chi connectivity index (χ3n) is 10.1. The average molecular weight is 752 g/mol. The molecule has 3 aliphatic rings. The number of nitrogens with zero attached hydrogens (tertiary/aromatic N) is 2. The number of piperidine rings is 3. The van der Waals surface area contributed by atoms with Crippen molar-refractivity contribution in [3.63, 3.8) is 0 Å². The van der Waals surface area contributed by atoms with Crippen molar-refractivity contribution in [2.24, 2.45) is 5.92 Å². The molecule has 0 radical (unpaired) electrons. The highest BCUT2D eigenvalue weighted by Gasteiger charge is 2.37. The molecule has 0 aliphatic carbocycles. The SMILES string of the molecule is O=C(NC(c1ccccc1)c1cccc(OCc2nc(C(=O)OCCCCNC[C@H](O)c3ccc(O)c4[nH]c(=O)ccc34)co2)c1)O[C@H]1CN2CCC1CC2. The number of aliphatic hydroxyl groups is 1. The zero-order valence-corrected chi connectivity index (χ0v) is 30.3. The summed E-state index contributed by atoms with van der Waals surface area (Å²) in [5, 5.41) is 27.6. The molecule has 14 heteroatoms. The number of phenolic OH excluding ortho intramolecular Hbond substituents is 1. The van der Waals surface area contributed by atoms with E-state index in [0.29, 0.717) is 42.0 Å². The first-order valence-electron chi connectivity index (χ1n) is 18.6. The molecule has 5 N–H and O–H groups in total. The Balaban J connectivity index is 0.849. The Kier molecular flexibility index (Phi) is 12.1. The minimum Gasteiger partial charge on any atom is -0.506 e. The van der Waals surface area contributed by atoms with Gasteiger partial charge in [-0.2, -0.15) is 0 Å². The topological polar surface area (TPSA) is 188 Å². The summed E-state index contributed by atoms with van der Waals surface area (Å²) in [6.45, 7) is 3.87. The number of aromatic nitrogens is 2. The van der Waals surface area contributed by atoms with Gasteiger partial charge in [-0.05, 0) is 92.2 Å². The summed E-state index contributed by atoms with van der Waals surface area (Å²) in [6.07, 6.45) is 3.18. The number of rotatable bonds is 16. The molecule has 3 aromatic carbocycles. The molecule has 55 heavy (non-hydrogen) atoms. The van der Waals surface area contributed by atoms with Crippen LogP contribution in [0.5, 0.6) is 11.5 Å². The number of aromatic hydroxyl groups is 1. The van der Waals surface area contributed by atoms with E-state index in [1.807, 2.05) is 48.5 Å². The van der Waals surface area contributed by atoms with Gasteiger partial charge in [0, 0.05) is 24.5 Å². The number of phenols is 1. The van der Waals surface area contributed by atoms with Crippen LogP contribution in [0.1, 0.15) is 70.9 Å². The third kappa shape index (κ3) is 9.52. The van der Waals surface area contributed by atoms with Crippen LogP contribution < -0.4 is 20.9 Å². The average Bonchev–Trinajstić information content (AvgIpc) is 3.69. The van der Waals surface area contributed by atoms with Gasteiger partial charge in [-0.15, -0.1) is 0 Å². The zero-order valence-electron chi connectivity index (χ0n) is 30.3.